The molecule has 0 saturated carbocycles. The molecule has 5 nitrogen and oxygen atoms in total. The van der Waals surface area contributed by atoms with Crippen molar-refractivity contribution in [2.45, 2.75) is 31.1 Å². The molecule has 1 spiro atoms. The fourth-order valence-electron chi connectivity index (χ4n) is 2.51. The summed E-state index contributed by atoms with van der Waals surface area (Å²) in [7, 11) is 0. The summed E-state index contributed by atoms with van der Waals surface area (Å²) in [5.74, 6) is 0.397. The Labute approximate surface area is 125 Å². The Morgan fingerprint density at radius 3 is 2.79 bits per heavy atom. The van der Waals surface area contributed by atoms with Crippen molar-refractivity contribution in [2.24, 2.45) is 5.73 Å². The van der Waals surface area contributed by atoms with Gasteiger partial charge in [-0.05, 0) is 24.9 Å². The van der Waals surface area contributed by atoms with E-state index in [2.05, 4.69) is 0 Å². The number of hydrogen-bond donors (Lipinski definition) is 1. The highest BCUT2D eigenvalue weighted by Crippen LogP contribution is 2.30. The summed E-state index contributed by atoms with van der Waals surface area (Å²) >= 11 is 1.71. The molecule has 2 N–H and O–H groups in total. The molecule has 2 heterocycles. The molecule has 7 heteroatoms. The van der Waals surface area contributed by atoms with Crippen molar-refractivity contribution in [1.82, 2.24) is 4.90 Å². The normalized spacial score (nSPS) is 23.2. The van der Waals surface area contributed by atoms with Crippen LogP contribution >= 0.6 is 24.2 Å². The molecule has 2 aliphatic rings. The van der Waals surface area contributed by atoms with E-state index in [0.717, 1.165) is 31.6 Å². The Morgan fingerprint density at radius 1 is 1.47 bits per heavy atom. The summed E-state index contributed by atoms with van der Waals surface area (Å²) in [5.41, 5.74) is 5.94. The van der Waals surface area contributed by atoms with Gasteiger partial charge in [0.2, 0.25) is 5.91 Å². The third-order valence-corrected chi connectivity index (χ3v) is 4.14. The zero-order valence-corrected chi connectivity index (χ0v) is 12.9. The van der Waals surface area contributed by atoms with E-state index in [1.807, 2.05) is 6.26 Å². The van der Waals surface area contributed by atoms with Crippen molar-refractivity contribution < 1.29 is 14.3 Å². The van der Waals surface area contributed by atoms with Crippen LogP contribution in [-0.4, -0.2) is 60.9 Å². The van der Waals surface area contributed by atoms with Gasteiger partial charge in [0.05, 0.1) is 25.8 Å². The van der Waals surface area contributed by atoms with Gasteiger partial charge >= 0.3 is 0 Å². The van der Waals surface area contributed by atoms with E-state index in [9.17, 15) is 4.79 Å². The van der Waals surface area contributed by atoms with Gasteiger partial charge < -0.3 is 20.1 Å². The van der Waals surface area contributed by atoms with Crippen LogP contribution in [0.25, 0.3) is 0 Å². The fourth-order valence-corrected chi connectivity index (χ4v) is 3.00. The highest BCUT2D eigenvalue weighted by Gasteiger charge is 2.42. The number of carbonyl (C=O) groups is 1. The monoisotopic (exact) mass is 310 g/mol. The third-order valence-electron chi connectivity index (χ3n) is 3.49. The SMILES string of the molecule is CSCCC(N)C(=O)N1CCCC2(C1)OCCO2.Cl. The first kappa shape index (κ1) is 17.0. The van der Waals surface area contributed by atoms with Gasteiger partial charge in [-0.1, -0.05) is 0 Å². The van der Waals surface area contributed by atoms with Gasteiger partial charge in [-0.3, -0.25) is 4.79 Å². The minimum absolute atomic E-state index is 0. The number of ether oxygens (including phenoxy) is 2. The van der Waals surface area contributed by atoms with Crippen molar-refractivity contribution in [3.05, 3.63) is 0 Å². The lowest BCUT2D eigenvalue weighted by molar-refractivity contribution is -0.193. The van der Waals surface area contributed by atoms with Crippen LogP contribution in [0.1, 0.15) is 19.3 Å². The quantitative estimate of drug-likeness (QED) is 0.834. The number of carbonyl (C=O) groups excluding carboxylic acids is 1. The van der Waals surface area contributed by atoms with Crippen LogP contribution in [0.4, 0.5) is 0 Å². The maximum atomic E-state index is 12.2. The van der Waals surface area contributed by atoms with Crippen molar-refractivity contribution in [1.29, 1.82) is 0 Å². The Kier molecular flexibility index (Phi) is 6.90. The minimum atomic E-state index is -0.548. The van der Waals surface area contributed by atoms with Crippen LogP contribution in [0, 0.1) is 0 Å². The van der Waals surface area contributed by atoms with Crippen molar-refractivity contribution in [2.75, 3.05) is 38.3 Å². The van der Waals surface area contributed by atoms with Gasteiger partial charge in [0.1, 0.15) is 0 Å². The minimum Gasteiger partial charge on any atom is -0.346 e. The van der Waals surface area contributed by atoms with E-state index in [-0.39, 0.29) is 18.3 Å². The number of piperidine rings is 1. The molecule has 0 aromatic heterocycles. The maximum Gasteiger partial charge on any atom is 0.239 e. The number of likely N-dealkylation sites (tertiary alicyclic amines) is 1. The molecule has 2 saturated heterocycles. The summed E-state index contributed by atoms with van der Waals surface area (Å²) in [4.78, 5) is 14.0. The first-order valence-electron chi connectivity index (χ1n) is 6.48. The zero-order chi connectivity index (χ0) is 13.0. The lowest BCUT2D eigenvalue weighted by Gasteiger charge is -2.39. The molecule has 19 heavy (non-hydrogen) atoms. The summed E-state index contributed by atoms with van der Waals surface area (Å²) in [6.45, 7) is 2.54. The van der Waals surface area contributed by atoms with Crippen LogP contribution < -0.4 is 5.73 Å². The number of nitrogens with two attached hydrogens (primary N) is 1. The van der Waals surface area contributed by atoms with E-state index in [1.54, 1.807) is 16.7 Å². The molecule has 1 amide bonds. The summed E-state index contributed by atoms with van der Waals surface area (Å²) in [5, 5.41) is 0. The lowest BCUT2D eigenvalue weighted by Crippen LogP contribution is -2.54. The Morgan fingerprint density at radius 2 is 2.16 bits per heavy atom. The second-order valence-corrected chi connectivity index (χ2v) is 5.84. The summed E-state index contributed by atoms with van der Waals surface area (Å²) in [6.07, 6.45) is 4.54. The second-order valence-electron chi connectivity index (χ2n) is 4.86. The van der Waals surface area contributed by atoms with Gasteiger partial charge in [0.25, 0.3) is 0 Å². The van der Waals surface area contributed by atoms with Crippen LogP contribution in [0.15, 0.2) is 0 Å². The van der Waals surface area contributed by atoms with Gasteiger partial charge in [0.15, 0.2) is 5.79 Å². The smallest absolute Gasteiger partial charge is 0.239 e. The average molecular weight is 311 g/mol. The highest BCUT2D eigenvalue weighted by molar-refractivity contribution is 7.98. The molecular weight excluding hydrogens is 288 g/mol. The first-order chi connectivity index (χ1) is 8.67. The molecule has 2 fully saturated rings. The number of rotatable bonds is 4. The number of amides is 1. The Balaban J connectivity index is 0.00000180. The van der Waals surface area contributed by atoms with Gasteiger partial charge in [-0.25, -0.2) is 0 Å². The summed E-state index contributed by atoms with van der Waals surface area (Å²) in [6, 6.07) is -0.394. The molecule has 0 aromatic carbocycles. The molecule has 2 aliphatic heterocycles. The number of hydrogen-bond acceptors (Lipinski definition) is 5. The molecule has 0 aliphatic carbocycles. The average Bonchev–Trinajstić information content (AvgIpc) is 2.83. The van der Waals surface area contributed by atoms with Crippen LogP contribution in [0.5, 0.6) is 0 Å². The predicted molar refractivity (Wildman–Crippen MR) is 78.7 cm³/mol. The largest absolute Gasteiger partial charge is 0.346 e. The van der Waals surface area contributed by atoms with Crippen molar-refractivity contribution in [3.63, 3.8) is 0 Å². The lowest BCUT2D eigenvalue weighted by atomic mass is 10.0. The molecule has 0 radical (unpaired) electrons. The number of halogens is 1. The molecule has 1 atom stereocenters. The first-order valence-corrected chi connectivity index (χ1v) is 7.87. The van der Waals surface area contributed by atoms with Gasteiger partial charge in [-0.2, -0.15) is 11.8 Å². The van der Waals surface area contributed by atoms with Crippen molar-refractivity contribution in [3.8, 4) is 0 Å². The van der Waals surface area contributed by atoms with E-state index in [1.165, 1.54) is 0 Å². The standard InChI is InChI=1S/C12H22N2O3S.ClH/c1-18-8-3-10(13)11(15)14-5-2-4-12(9-14)16-6-7-17-12;/h10H,2-9,13H2,1H3;1H. The predicted octanol–water partition coefficient (Wildman–Crippen LogP) is 0.854. The van der Waals surface area contributed by atoms with Crippen LogP contribution in [0.2, 0.25) is 0 Å². The number of nitrogens with zero attached hydrogens (tertiary/aromatic N) is 1. The van der Waals surface area contributed by atoms with E-state index < -0.39 is 11.8 Å². The fraction of sp³-hybridized carbons (Fsp3) is 0.917. The van der Waals surface area contributed by atoms with Crippen LogP contribution in [-0.2, 0) is 14.3 Å². The molecule has 112 valence electrons. The molecular formula is C12H23ClN2O3S. The highest BCUT2D eigenvalue weighted by atomic mass is 35.5. The molecule has 1 unspecified atom stereocenters. The third kappa shape index (κ3) is 4.23. The number of thioether (sulfide) groups is 1. The summed E-state index contributed by atoms with van der Waals surface area (Å²) < 4.78 is 11.3. The second kappa shape index (κ2) is 7.69. The molecule has 0 aromatic rings. The maximum absolute atomic E-state index is 12.2. The van der Waals surface area contributed by atoms with Crippen LogP contribution in [0.3, 0.4) is 0 Å². The van der Waals surface area contributed by atoms with E-state index >= 15 is 0 Å². The zero-order valence-electron chi connectivity index (χ0n) is 11.3. The molecule has 0 bridgehead atoms. The van der Waals surface area contributed by atoms with Gasteiger partial charge in [0, 0.05) is 13.0 Å². The Bertz CT molecular complexity index is 301. The Hall–Kier alpha value is -0.0100. The van der Waals surface area contributed by atoms with Gasteiger partial charge in [-0.15, -0.1) is 12.4 Å². The van der Waals surface area contributed by atoms with Crippen molar-refractivity contribution >= 4 is 30.1 Å². The van der Waals surface area contributed by atoms with E-state index in [4.69, 9.17) is 15.2 Å². The molecule has 2 rings (SSSR count). The topological polar surface area (TPSA) is 64.8 Å². The van der Waals surface area contributed by atoms with E-state index in [0.29, 0.717) is 19.8 Å².